The molecule has 90 valence electrons. The largest absolute Gasteiger partial charge is 0.386 e. The van der Waals surface area contributed by atoms with E-state index in [0.717, 1.165) is 22.4 Å². The van der Waals surface area contributed by atoms with Crippen LogP contribution in [0.5, 0.6) is 0 Å². The molecular weight excluding hydrogens is 210 g/mol. The highest BCUT2D eigenvalue weighted by Crippen LogP contribution is 2.24. The van der Waals surface area contributed by atoms with E-state index < -0.39 is 5.60 Å². The number of hydrogen-bond donors (Lipinski definition) is 1. The summed E-state index contributed by atoms with van der Waals surface area (Å²) in [5.74, 6) is 0. The molecule has 1 aromatic rings. The van der Waals surface area contributed by atoms with Crippen molar-refractivity contribution >= 4 is 12.3 Å². The summed E-state index contributed by atoms with van der Waals surface area (Å²) in [6.07, 6.45) is 1.77. The van der Waals surface area contributed by atoms with E-state index in [4.69, 9.17) is 0 Å². The highest BCUT2D eigenvalue weighted by molar-refractivity contribution is 5.76. The van der Waals surface area contributed by atoms with Crippen LogP contribution in [0.15, 0.2) is 47.6 Å². The van der Waals surface area contributed by atoms with Crippen LogP contribution in [0.1, 0.15) is 31.9 Å². The smallest absolute Gasteiger partial charge is 0.0840 e. The van der Waals surface area contributed by atoms with Crippen LogP contribution in [-0.2, 0) is 5.60 Å². The summed E-state index contributed by atoms with van der Waals surface area (Å²) in [4.78, 5) is 3.92. The molecule has 17 heavy (non-hydrogen) atoms. The molecule has 0 atom stereocenters. The number of benzene rings is 1. The van der Waals surface area contributed by atoms with Gasteiger partial charge in [0.1, 0.15) is 0 Å². The fraction of sp³-hybridized carbons (Fsp3) is 0.267. The van der Waals surface area contributed by atoms with Gasteiger partial charge in [-0.3, -0.25) is 4.99 Å². The fourth-order valence-electron chi connectivity index (χ4n) is 1.62. The van der Waals surface area contributed by atoms with E-state index in [1.54, 1.807) is 19.9 Å². The van der Waals surface area contributed by atoms with Gasteiger partial charge in [-0.1, -0.05) is 36.9 Å². The first kappa shape index (κ1) is 13.4. The van der Waals surface area contributed by atoms with Gasteiger partial charge in [-0.15, -0.1) is 0 Å². The van der Waals surface area contributed by atoms with Crippen molar-refractivity contribution in [2.24, 2.45) is 4.99 Å². The lowest BCUT2D eigenvalue weighted by Crippen LogP contribution is -2.15. The summed E-state index contributed by atoms with van der Waals surface area (Å²) in [6.45, 7) is 12.7. The van der Waals surface area contributed by atoms with Crippen LogP contribution < -0.4 is 0 Å². The molecule has 0 aliphatic carbocycles. The van der Waals surface area contributed by atoms with Crippen LogP contribution in [0.2, 0.25) is 0 Å². The highest BCUT2D eigenvalue weighted by Gasteiger charge is 2.15. The molecule has 0 saturated carbocycles. The summed E-state index contributed by atoms with van der Waals surface area (Å²) in [5.41, 5.74) is 2.90. The topological polar surface area (TPSA) is 32.6 Å². The molecule has 1 aromatic carbocycles. The van der Waals surface area contributed by atoms with Crippen molar-refractivity contribution in [1.82, 2.24) is 0 Å². The van der Waals surface area contributed by atoms with Crippen LogP contribution in [-0.4, -0.2) is 11.8 Å². The zero-order valence-corrected chi connectivity index (χ0v) is 10.7. The minimum Gasteiger partial charge on any atom is -0.386 e. The number of hydrogen-bond acceptors (Lipinski definition) is 2. The monoisotopic (exact) mass is 229 g/mol. The Morgan fingerprint density at radius 1 is 1.29 bits per heavy atom. The number of aliphatic hydroxyl groups is 1. The highest BCUT2D eigenvalue weighted by atomic mass is 16.3. The summed E-state index contributed by atoms with van der Waals surface area (Å²) in [5, 5.41) is 9.87. The maximum atomic E-state index is 9.87. The molecule has 0 aliphatic heterocycles. The summed E-state index contributed by atoms with van der Waals surface area (Å²) in [7, 11) is 0. The third kappa shape index (κ3) is 3.14. The van der Waals surface area contributed by atoms with E-state index >= 15 is 0 Å². The first-order valence-electron chi connectivity index (χ1n) is 5.53. The van der Waals surface area contributed by atoms with Gasteiger partial charge >= 0.3 is 0 Å². The maximum Gasteiger partial charge on any atom is 0.0840 e. The zero-order valence-electron chi connectivity index (χ0n) is 10.7. The van der Waals surface area contributed by atoms with Crippen molar-refractivity contribution in [3.63, 3.8) is 0 Å². The quantitative estimate of drug-likeness (QED) is 0.621. The molecule has 0 saturated heterocycles. The molecule has 0 aromatic heterocycles. The Labute approximate surface area is 103 Å². The minimum atomic E-state index is -0.817. The van der Waals surface area contributed by atoms with E-state index in [9.17, 15) is 5.11 Å². The van der Waals surface area contributed by atoms with Crippen molar-refractivity contribution < 1.29 is 5.11 Å². The molecule has 0 aliphatic rings. The summed E-state index contributed by atoms with van der Waals surface area (Å²) in [6, 6.07) is 7.74. The molecular formula is C15H19NO. The SMILES string of the molecule is C=C/C(=C(\C)N=C)c1ccc(C(C)(C)O)cc1. The van der Waals surface area contributed by atoms with Crippen molar-refractivity contribution in [3.05, 3.63) is 53.7 Å². The lowest BCUT2D eigenvalue weighted by Gasteiger charge is -2.18. The van der Waals surface area contributed by atoms with Gasteiger partial charge < -0.3 is 5.11 Å². The minimum absolute atomic E-state index is 0.817. The fourth-order valence-corrected chi connectivity index (χ4v) is 1.62. The van der Waals surface area contributed by atoms with Crippen molar-refractivity contribution in [2.75, 3.05) is 0 Å². The Morgan fingerprint density at radius 3 is 2.18 bits per heavy atom. The second kappa shape index (κ2) is 5.11. The average Bonchev–Trinajstić information content (AvgIpc) is 2.29. The molecule has 0 amide bonds. The molecule has 0 bridgehead atoms. The molecule has 0 spiro atoms. The van der Waals surface area contributed by atoms with Crippen LogP contribution >= 0.6 is 0 Å². The van der Waals surface area contributed by atoms with Gasteiger partial charge in [0.2, 0.25) is 0 Å². The third-order valence-electron chi connectivity index (χ3n) is 2.73. The van der Waals surface area contributed by atoms with Crippen molar-refractivity contribution in [3.8, 4) is 0 Å². The third-order valence-corrected chi connectivity index (χ3v) is 2.73. The van der Waals surface area contributed by atoms with Gasteiger partial charge in [0.15, 0.2) is 0 Å². The van der Waals surface area contributed by atoms with Crippen LogP contribution in [0.3, 0.4) is 0 Å². The number of nitrogens with zero attached hydrogens (tertiary/aromatic N) is 1. The Kier molecular flexibility index (Phi) is 4.02. The van der Waals surface area contributed by atoms with E-state index in [2.05, 4.69) is 18.3 Å². The first-order valence-corrected chi connectivity index (χ1v) is 5.53. The van der Waals surface area contributed by atoms with E-state index in [0.29, 0.717) is 0 Å². The lowest BCUT2D eigenvalue weighted by atomic mass is 9.95. The van der Waals surface area contributed by atoms with Crippen molar-refractivity contribution in [2.45, 2.75) is 26.4 Å². The van der Waals surface area contributed by atoms with Gasteiger partial charge in [-0.2, -0.15) is 0 Å². The van der Waals surface area contributed by atoms with E-state index in [1.165, 1.54) is 0 Å². The maximum absolute atomic E-state index is 9.87. The lowest BCUT2D eigenvalue weighted by molar-refractivity contribution is 0.0786. The van der Waals surface area contributed by atoms with Crippen LogP contribution in [0, 0.1) is 0 Å². The normalized spacial score (nSPS) is 12.9. The molecule has 2 nitrogen and oxygen atoms in total. The molecule has 0 fully saturated rings. The van der Waals surface area contributed by atoms with Crippen LogP contribution in [0.4, 0.5) is 0 Å². The van der Waals surface area contributed by atoms with Crippen LogP contribution in [0.25, 0.3) is 5.57 Å². The molecule has 0 heterocycles. The Bertz CT molecular complexity index is 447. The predicted molar refractivity (Wildman–Crippen MR) is 74.0 cm³/mol. The van der Waals surface area contributed by atoms with E-state index in [1.807, 2.05) is 31.2 Å². The second-order valence-corrected chi connectivity index (χ2v) is 4.50. The van der Waals surface area contributed by atoms with Gasteiger partial charge in [-0.05, 0) is 38.6 Å². The van der Waals surface area contributed by atoms with Gasteiger partial charge in [0.25, 0.3) is 0 Å². The van der Waals surface area contributed by atoms with E-state index in [-0.39, 0.29) is 0 Å². The Hall–Kier alpha value is -1.67. The Balaban J connectivity index is 3.19. The summed E-state index contributed by atoms with van der Waals surface area (Å²) < 4.78 is 0. The second-order valence-electron chi connectivity index (χ2n) is 4.50. The molecule has 0 unspecified atom stereocenters. The van der Waals surface area contributed by atoms with Gasteiger partial charge in [0, 0.05) is 11.3 Å². The first-order chi connectivity index (χ1) is 7.90. The average molecular weight is 229 g/mol. The standard InChI is InChI=1S/C15H19NO/c1-6-14(11(2)16-5)12-7-9-13(10-8-12)15(3,4)17/h6-10,17H,1,5H2,2-4H3/b14-11-. The number of aliphatic imine (C=N–C) groups is 1. The molecule has 1 rings (SSSR count). The molecule has 0 radical (unpaired) electrons. The Morgan fingerprint density at radius 2 is 1.82 bits per heavy atom. The predicted octanol–water partition coefficient (Wildman–Crippen LogP) is 3.53. The summed E-state index contributed by atoms with van der Waals surface area (Å²) >= 11 is 0. The van der Waals surface area contributed by atoms with Crippen molar-refractivity contribution in [1.29, 1.82) is 0 Å². The number of allylic oxidation sites excluding steroid dienone is 3. The molecule has 1 N–H and O–H groups in total. The number of rotatable bonds is 4. The zero-order chi connectivity index (χ0) is 13.1. The van der Waals surface area contributed by atoms with Gasteiger partial charge in [-0.25, -0.2) is 0 Å². The molecule has 2 heteroatoms. The van der Waals surface area contributed by atoms with Gasteiger partial charge in [0.05, 0.1) is 5.60 Å².